The first-order valence-corrected chi connectivity index (χ1v) is 6.85. The second-order valence-corrected chi connectivity index (χ2v) is 5.28. The number of carbonyl (C=O) groups excluding carboxylic acids is 1. The molecule has 0 saturated heterocycles. The second kappa shape index (κ2) is 6.01. The predicted molar refractivity (Wildman–Crippen MR) is 75.8 cm³/mol. The van der Waals surface area contributed by atoms with Crippen molar-refractivity contribution in [2.75, 3.05) is 5.32 Å². The van der Waals surface area contributed by atoms with Gasteiger partial charge in [-0.25, -0.2) is 4.68 Å². The molecule has 0 aliphatic carbocycles. The molecule has 0 aliphatic rings. The number of aryl methyl sites for hydroxylation is 2. The lowest BCUT2D eigenvalue weighted by molar-refractivity contribution is -0.142. The zero-order chi connectivity index (χ0) is 17.4. The lowest BCUT2D eigenvalue weighted by Crippen LogP contribution is -2.22. The molecule has 0 aromatic carbocycles. The van der Waals surface area contributed by atoms with E-state index in [1.54, 1.807) is 20.9 Å². The largest absolute Gasteiger partial charge is 0.408 e. The Bertz CT molecular complexity index is 718. The fourth-order valence-corrected chi connectivity index (χ4v) is 2.42. The molecule has 0 spiro atoms. The Kier molecular flexibility index (Phi) is 4.44. The van der Waals surface area contributed by atoms with Gasteiger partial charge in [-0.05, 0) is 20.8 Å². The smallest absolute Gasteiger partial charge is 0.294 e. The van der Waals surface area contributed by atoms with E-state index < -0.39 is 18.6 Å². The molecule has 23 heavy (non-hydrogen) atoms. The van der Waals surface area contributed by atoms with Crippen molar-refractivity contribution in [3.8, 4) is 0 Å². The average molecular weight is 330 g/mol. The summed E-state index contributed by atoms with van der Waals surface area (Å²) in [6.45, 7) is 3.53. The molecule has 0 bridgehead atoms. The summed E-state index contributed by atoms with van der Waals surface area (Å²) < 4.78 is 39.9. The minimum absolute atomic E-state index is 0.264. The minimum atomic E-state index is -4.37. The summed E-state index contributed by atoms with van der Waals surface area (Å²) in [6.07, 6.45) is -3.08. The van der Waals surface area contributed by atoms with Crippen molar-refractivity contribution in [1.29, 1.82) is 0 Å². The number of nitrogens with zero attached hydrogens (tertiary/aromatic N) is 5. The minimum Gasteiger partial charge on any atom is -0.294 e. The van der Waals surface area contributed by atoms with Gasteiger partial charge in [-0.1, -0.05) is 0 Å². The highest BCUT2D eigenvalue weighted by molar-refractivity contribution is 5.94. The topological polar surface area (TPSA) is 77.6 Å². The maximum Gasteiger partial charge on any atom is 0.408 e. The van der Waals surface area contributed by atoms with E-state index in [-0.39, 0.29) is 11.9 Å². The lowest BCUT2D eigenvalue weighted by atomic mass is 9.98. The molecule has 2 aromatic heterocycles. The predicted octanol–water partition coefficient (Wildman–Crippen LogP) is 1.93. The van der Waals surface area contributed by atoms with Crippen molar-refractivity contribution in [3.05, 3.63) is 23.3 Å². The summed E-state index contributed by atoms with van der Waals surface area (Å²) in [7, 11) is 1.62. The summed E-state index contributed by atoms with van der Waals surface area (Å²) in [5, 5.41) is 10.3. The number of anilines is 1. The maximum absolute atomic E-state index is 12.6. The van der Waals surface area contributed by atoms with Crippen molar-refractivity contribution in [2.24, 2.45) is 7.05 Å². The van der Waals surface area contributed by atoms with E-state index in [9.17, 15) is 18.0 Å². The first-order valence-electron chi connectivity index (χ1n) is 6.85. The quantitative estimate of drug-likeness (QED) is 0.929. The van der Waals surface area contributed by atoms with Crippen LogP contribution in [0, 0.1) is 13.8 Å². The van der Waals surface area contributed by atoms with Gasteiger partial charge in [0.15, 0.2) is 0 Å². The van der Waals surface area contributed by atoms with Crippen LogP contribution in [0.5, 0.6) is 0 Å². The summed E-state index contributed by atoms with van der Waals surface area (Å²) in [4.78, 5) is 16.2. The van der Waals surface area contributed by atoms with Crippen LogP contribution in [0.3, 0.4) is 0 Å². The maximum atomic E-state index is 12.6. The lowest BCUT2D eigenvalue weighted by Gasteiger charge is -2.13. The van der Waals surface area contributed by atoms with Gasteiger partial charge in [0.1, 0.15) is 12.9 Å². The van der Waals surface area contributed by atoms with Gasteiger partial charge in [-0.15, -0.1) is 0 Å². The van der Waals surface area contributed by atoms with Gasteiger partial charge in [-0.2, -0.15) is 28.4 Å². The third-order valence-electron chi connectivity index (χ3n) is 3.54. The third-order valence-corrected chi connectivity index (χ3v) is 3.54. The van der Waals surface area contributed by atoms with Crippen molar-refractivity contribution >= 4 is 11.9 Å². The van der Waals surface area contributed by atoms with Crippen LogP contribution in [0.25, 0.3) is 0 Å². The fourth-order valence-electron chi connectivity index (χ4n) is 2.42. The van der Waals surface area contributed by atoms with Crippen molar-refractivity contribution < 1.29 is 18.0 Å². The van der Waals surface area contributed by atoms with Crippen LogP contribution >= 0.6 is 0 Å². The average Bonchev–Trinajstić information content (AvgIpc) is 2.92. The van der Waals surface area contributed by atoms with Gasteiger partial charge >= 0.3 is 6.18 Å². The Hall–Kier alpha value is -2.39. The van der Waals surface area contributed by atoms with Crippen LogP contribution in [0.4, 0.5) is 19.1 Å². The standard InChI is InChI=1S/C13H17F3N6O/c1-7(11(23)19-12-17-6-18-21(12)4)10-8(2)20-22(9(10)3)5-13(14,15)16/h6-7H,5H2,1-4H3,(H,17,18,19,23). The Morgan fingerprint density at radius 3 is 2.57 bits per heavy atom. The van der Waals surface area contributed by atoms with Crippen LogP contribution in [0.2, 0.25) is 0 Å². The van der Waals surface area contributed by atoms with E-state index in [2.05, 4.69) is 20.5 Å². The van der Waals surface area contributed by atoms with E-state index in [1.807, 2.05) is 0 Å². The van der Waals surface area contributed by atoms with Crippen LogP contribution in [-0.4, -0.2) is 36.6 Å². The Morgan fingerprint density at radius 2 is 2.04 bits per heavy atom. The number of hydrogen-bond donors (Lipinski definition) is 1. The summed E-state index contributed by atoms with van der Waals surface area (Å²) >= 11 is 0. The first kappa shape index (κ1) is 17.0. The molecule has 126 valence electrons. The van der Waals surface area contributed by atoms with Gasteiger partial charge in [0.25, 0.3) is 0 Å². The number of hydrogen-bond acceptors (Lipinski definition) is 4. The SMILES string of the molecule is Cc1nn(CC(F)(F)F)c(C)c1C(C)C(=O)Nc1ncnn1C. The van der Waals surface area contributed by atoms with Gasteiger partial charge in [0.05, 0.1) is 11.6 Å². The number of nitrogens with one attached hydrogen (secondary N) is 1. The van der Waals surface area contributed by atoms with Crippen molar-refractivity contribution in [1.82, 2.24) is 24.5 Å². The first-order chi connectivity index (χ1) is 10.6. The van der Waals surface area contributed by atoms with Crippen LogP contribution in [-0.2, 0) is 18.4 Å². The molecule has 0 radical (unpaired) electrons. The molecule has 1 N–H and O–H groups in total. The molecule has 0 aliphatic heterocycles. The molecule has 2 rings (SSSR count). The van der Waals surface area contributed by atoms with E-state index in [4.69, 9.17) is 0 Å². The normalized spacial score (nSPS) is 13.2. The highest BCUT2D eigenvalue weighted by atomic mass is 19.4. The van der Waals surface area contributed by atoms with Gasteiger partial charge in [-0.3, -0.25) is 14.8 Å². The highest BCUT2D eigenvalue weighted by Crippen LogP contribution is 2.27. The summed E-state index contributed by atoms with van der Waals surface area (Å²) in [6, 6.07) is 0. The van der Waals surface area contributed by atoms with E-state index in [1.165, 1.54) is 17.9 Å². The van der Waals surface area contributed by atoms with Crippen LogP contribution in [0.1, 0.15) is 29.8 Å². The van der Waals surface area contributed by atoms with Crippen LogP contribution < -0.4 is 5.32 Å². The number of carbonyl (C=O) groups is 1. The molecule has 0 fully saturated rings. The monoisotopic (exact) mass is 330 g/mol. The molecular weight excluding hydrogens is 313 g/mol. The van der Waals surface area contributed by atoms with E-state index in [0.29, 0.717) is 17.0 Å². The van der Waals surface area contributed by atoms with Gasteiger partial charge < -0.3 is 0 Å². The summed E-state index contributed by atoms with van der Waals surface area (Å²) in [5.74, 6) is -0.799. The molecule has 1 atom stereocenters. The zero-order valence-corrected chi connectivity index (χ0v) is 13.1. The molecule has 2 aromatic rings. The zero-order valence-electron chi connectivity index (χ0n) is 13.1. The van der Waals surface area contributed by atoms with Crippen molar-refractivity contribution in [3.63, 3.8) is 0 Å². The van der Waals surface area contributed by atoms with Crippen LogP contribution in [0.15, 0.2) is 6.33 Å². The number of amides is 1. The van der Waals surface area contributed by atoms with Crippen molar-refractivity contribution in [2.45, 2.75) is 39.4 Å². The molecule has 1 unspecified atom stereocenters. The fraction of sp³-hybridized carbons (Fsp3) is 0.538. The molecule has 10 heteroatoms. The molecule has 1 amide bonds. The van der Waals surface area contributed by atoms with Gasteiger partial charge in [0.2, 0.25) is 11.9 Å². The Balaban J connectivity index is 2.23. The highest BCUT2D eigenvalue weighted by Gasteiger charge is 2.31. The van der Waals surface area contributed by atoms with Gasteiger partial charge in [0, 0.05) is 18.3 Å². The number of alkyl halides is 3. The number of rotatable bonds is 4. The van der Waals surface area contributed by atoms with E-state index >= 15 is 0 Å². The number of halogens is 3. The van der Waals surface area contributed by atoms with E-state index in [0.717, 1.165) is 4.68 Å². The Labute approximate surface area is 130 Å². The third kappa shape index (κ3) is 3.69. The molecular formula is C13H17F3N6O. The Morgan fingerprint density at radius 1 is 1.39 bits per heavy atom. The second-order valence-electron chi connectivity index (χ2n) is 5.28. The molecule has 7 nitrogen and oxygen atoms in total. The molecule has 2 heterocycles. The molecule has 0 saturated carbocycles. The number of aromatic nitrogens is 5. The summed E-state index contributed by atoms with van der Waals surface area (Å²) in [5.41, 5.74) is 1.20.